The molecule has 1 heterocycles. The summed E-state index contributed by atoms with van der Waals surface area (Å²) in [5.41, 5.74) is 1.50. The fourth-order valence-electron chi connectivity index (χ4n) is 1.65. The predicted molar refractivity (Wildman–Crippen MR) is 40.5 cm³/mol. The Bertz CT molecular complexity index is 179. The number of ether oxygens (including phenoxy) is 1. The van der Waals surface area contributed by atoms with Crippen molar-refractivity contribution in [2.24, 2.45) is 5.92 Å². The second kappa shape index (κ2) is 2.49. The van der Waals surface area contributed by atoms with Crippen molar-refractivity contribution in [3.8, 4) is 0 Å². The zero-order valence-corrected chi connectivity index (χ0v) is 6.05. The molecule has 0 spiro atoms. The largest absolute Gasteiger partial charge is 0.501 e. The van der Waals surface area contributed by atoms with Gasteiger partial charge in [-0.15, -0.1) is 0 Å². The van der Waals surface area contributed by atoms with Gasteiger partial charge in [-0.25, -0.2) is 0 Å². The molecule has 0 fully saturated rings. The van der Waals surface area contributed by atoms with Crippen LogP contribution < -0.4 is 0 Å². The first kappa shape index (κ1) is 6.02. The Hall–Kier alpha value is -0.720. The zero-order chi connectivity index (χ0) is 6.81. The van der Waals surface area contributed by atoms with Crippen molar-refractivity contribution < 1.29 is 4.74 Å². The lowest BCUT2D eigenvalue weighted by Crippen LogP contribution is -2.15. The van der Waals surface area contributed by atoms with Crippen LogP contribution in [0.25, 0.3) is 0 Å². The number of hydrogen-bond acceptors (Lipinski definition) is 1. The van der Waals surface area contributed by atoms with Gasteiger partial charge in [-0.1, -0.05) is 6.08 Å². The summed E-state index contributed by atoms with van der Waals surface area (Å²) in [6.45, 7) is 0.905. The van der Waals surface area contributed by atoms with E-state index < -0.39 is 0 Å². The predicted octanol–water partition coefficient (Wildman–Crippen LogP) is 2.26. The minimum absolute atomic E-state index is 0.707. The van der Waals surface area contributed by atoms with E-state index in [2.05, 4.69) is 12.2 Å². The van der Waals surface area contributed by atoms with E-state index in [-0.39, 0.29) is 0 Å². The molecular weight excluding hydrogens is 124 g/mol. The van der Waals surface area contributed by atoms with Gasteiger partial charge >= 0.3 is 0 Å². The van der Waals surface area contributed by atoms with Crippen molar-refractivity contribution in [1.29, 1.82) is 0 Å². The van der Waals surface area contributed by atoms with Crippen molar-refractivity contribution in [3.05, 3.63) is 24.0 Å². The van der Waals surface area contributed by atoms with Crippen molar-refractivity contribution in [3.63, 3.8) is 0 Å². The molecule has 0 aromatic carbocycles. The highest BCUT2D eigenvalue weighted by molar-refractivity contribution is 5.24. The molecule has 1 nitrogen and oxygen atoms in total. The highest BCUT2D eigenvalue weighted by Crippen LogP contribution is 2.28. The molecule has 54 valence electrons. The summed E-state index contributed by atoms with van der Waals surface area (Å²) in [6, 6.07) is 0. The molecule has 0 aromatic rings. The van der Waals surface area contributed by atoms with Crippen LogP contribution in [0.2, 0.25) is 0 Å². The molecular formula is C9H12O. The Kier molecular flexibility index (Phi) is 1.50. The quantitative estimate of drug-likeness (QED) is 0.496. The third kappa shape index (κ3) is 0.962. The third-order valence-corrected chi connectivity index (χ3v) is 2.26. The van der Waals surface area contributed by atoms with Crippen LogP contribution in [0.1, 0.15) is 19.3 Å². The van der Waals surface area contributed by atoms with Gasteiger partial charge in [0.25, 0.3) is 0 Å². The van der Waals surface area contributed by atoms with E-state index in [0.29, 0.717) is 5.92 Å². The van der Waals surface area contributed by atoms with Crippen LogP contribution >= 0.6 is 0 Å². The summed E-state index contributed by atoms with van der Waals surface area (Å²) in [7, 11) is 0. The Labute approximate surface area is 61.4 Å². The number of fused-ring (bicyclic) bond motifs is 1. The Balaban J connectivity index is 2.21. The molecule has 0 amide bonds. The Morgan fingerprint density at radius 3 is 3.40 bits per heavy atom. The maximum Gasteiger partial charge on any atom is 0.0941 e. The van der Waals surface area contributed by atoms with Crippen molar-refractivity contribution in [2.45, 2.75) is 19.3 Å². The lowest BCUT2D eigenvalue weighted by Gasteiger charge is -2.24. The van der Waals surface area contributed by atoms with Crippen LogP contribution in [-0.2, 0) is 4.74 Å². The van der Waals surface area contributed by atoms with Crippen LogP contribution in [0.3, 0.4) is 0 Å². The van der Waals surface area contributed by atoms with Crippen molar-refractivity contribution in [1.82, 2.24) is 0 Å². The second-order valence-corrected chi connectivity index (χ2v) is 2.97. The third-order valence-electron chi connectivity index (χ3n) is 2.26. The molecule has 2 rings (SSSR count). The Morgan fingerprint density at radius 1 is 1.50 bits per heavy atom. The zero-order valence-electron chi connectivity index (χ0n) is 6.05. The summed E-state index contributed by atoms with van der Waals surface area (Å²) in [5, 5.41) is 0. The van der Waals surface area contributed by atoms with E-state index in [9.17, 15) is 0 Å². The smallest absolute Gasteiger partial charge is 0.0941 e. The van der Waals surface area contributed by atoms with Gasteiger partial charge in [0.2, 0.25) is 0 Å². The minimum atomic E-state index is 0.707. The topological polar surface area (TPSA) is 9.23 Å². The molecule has 1 unspecified atom stereocenters. The highest BCUT2D eigenvalue weighted by Gasteiger charge is 2.18. The maximum absolute atomic E-state index is 5.22. The molecule has 0 N–H and O–H groups in total. The van der Waals surface area contributed by atoms with E-state index in [4.69, 9.17) is 4.74 Å². The average molecular weight is 136 g/mol. The standard InChI is InChI=1S/C9H12O/c1-2-4-9-7-10-6-5-8(9)3-1/h3,5-6,9H,1-2,4,7H2. The summed E-state index contributed by atoms with van der Waals surface area (Å²) < 4.78 is 5.22. The monoisotopic (exact) mass is 136 g/mol. The van der Waals surface area contributed by atoms with Gasteiger partial charge in [0.05, 0.1) is 12.9 Å². The molecule has 0 saturated carbocycles. The molecule has 0 saturated heterocycles. The van der Waals surface area contributed by atoms with Gasteiger partial charge < -0.3 is 4.74 Å². The summed E-state index contributed by atoms with van der Waals surface area (Å²) in [5.74, 6) is 0.707. The first-order valence-electron chi connectivity index (χ1n) is 3.95. The van der Waals surface area contributed by atoms with E-state index in [1.807, 2.05) is 6.26 Å². The van der Waals surface area contributed by atoms with Gasteiger partial charge in [-0.3, -0.25) is 0 Å². The molecule has 0 bridgehead atoms. The molecule has 1 heteroatoms. The van der Waals surface area contributed by atoms with E-state index in [1.54, 1.807) is 0 Å². The molecule has 1 atom stereocenters. The van der Waals surface area contributed by atoms with Crippen LogP contribution in [0.4, 0.5) is 0 Å². The summed E-state index contributed by atoms with van der Waals surface area (Å²) in [4.78, 5) is 0. The summed E-state index contributed by atoms with van der Waals surface area (Å²) in [6.07, 6.45) is 10.2. The SMILES string of the molecule is C1=CC2=CCCCC2CO1. The Morgan fingerprint density at radius 2 is 2.50 bits per heavy atom. The number of allylic oxidation sites excluding steroid dienone is 2. The van der Waals surface area contributed by atoms with Crippen LogP contribution in [0.15, 0.2) is 24.0 Å². The van der Waals surface area contributed by atoms with Crippen molar-refractivity contribution >= 4 is 0 Å². The molecule has 0 radical (unpaired) electrons. The first-order valence-corrected chi connectivity index (χ1v) is 3.95. The van der Waals surface area contributed by atoms with Crippen LogP contribution in [0.5, 0.6) is 0 Å². The van der Waals surface area contributed by atoms with E-state index in [1.165, 1.54) is 24.8 Å². The van der Waals surface area contributed by atoms with Crippen LogP contribution in [0, 0.1) is 5.92 Å². The van der Waals surface area contributed by atoms with Crippen molar-refractivity contribution in [2.75, 3.05) is 6.61 Å². The van der Waals surface area contributed by atoms with E-state index >= 15 is 0 Å². The minimum Gasteiger partial charge on any atom is -0.501 e. The molecule has 10 heavy (non-hydrogen) atoms. The highest BCUT2D eigenvalue weighted by atomic mass is 16.5. The molecule has 1 aliphatic heterocycles. The fourth-order valence-corrected chi connectivity index (χ4v) is 1.65. The first-order chi connectivity index (χ1) is 4.97. The molecule has 2 aliphatic rings. The fraction of sp³-hybridized carbons (Fsp3) is 0.556. The molecule has 1 aliphatic carbocycles. The van der Waals surface area contributed by atoms with Gasteiger partial charge in [-0.2, -0.15) is 0 Å². The van der Waals surface area contributed by atoms with Gasteiger partial charge in [-0.05, 0) is 30.9 Å². The average Bonchev–Trinajstić information content (AvgIpc) is 2.05. The van der Waals surface area contributed by atoms with Gasteiger partial charge in [0.1, 0.15) is 0 Å². The van der Waals surface area contributed by atoms with Gasteiger partial charge in [0, 0.05) is 5.92 Å². The summed E-state index contributed by atoms with van der Waals surface area (Å²) >= 11 is 0. The second-order valence-electron chi connectivity index (χ2n) is 2.97. The normalized spacial score (nSPS) is 30.4. The maximum atomic E-state index is 5.22. The number of hydrogen-bond donors (Lipinski definition) is 0. The number of rotatable bonds is 0. The van der Waals surface area contributed by atoms with E-state index in [0.717, 1.165) is 6.61 Å². The lowest BCUT2D eigenvalue weighted by molar-refractivity contribution is 0.190. The van der Waals surface area contributed by atoms with Crippen LogP contribution in [-0.4, -0.2) is 6.61 Å². The lowest BCUT2D eigenvalue weighted by atomic mass is 9.87. The van der Waals surface area contributed by atoms with Gasteiger partial charge in [0.15, 0.2) is 0 Å². The molecule has 0 aromatic heterocycles.